The zero-order valence-corrected chi connectivity index (χ0v) is 6.58. The monoisotopic (exact) mass is 166 g/mol. The van der Waals surface area contributed by atoms with Crippen LogP contribution in [0.25, 0.3) is 0 Å². The van der Waals surface area contributed by atoms with Crippen molar-refractivity contribution in [3.8, 4) is 0 Å². The number of nitrogens with zero attached hydrogens (tertiary/aromatic N) is 2. The Hall–Kier alpha value is -1.52. The molecule has 0 atom stereocenters. The lowest BCUT2D eigenvalue weighted by molar-refractivity contribution is -0.118. The van der Waals surface area contributed by atoms with Gasteiger partial charge in [-0.3, -0.25) is 9.89 Å². The summed E-state index contributed by atoms with van der Waals surface area (Å²) in [7, 11) is 0. The zero-order valence-electron chi connectivity index (χ0n) is 6.58. The van der Waals surface area contributed by atoms with E-state index < -0.39 is 0 Å². The molecule has 0 aliphatic carbocycles. The van der Waals surface area contributed by atoms with Crippen LogP contribution < -0.4 is 5.73 Å². The predicted octanol–water partition coefficient (Wildman–Crippen LogP) is -0.494. The fourth-order valence-electron chi connectivity index (χ4n) is 1.43. The van der Waals surface area contributed by atoms with Crippen LogP contribution in [-0.2, 0) is 17.8 Å². The number of anilines is 1. The van der Waals surface area contributed by atoms with Gasteiger partial charge in [0, 0.05) is 24.2 Å². The quantitative estimate of drug-likeness (QED) is 0.552. The lowest BCUT2D eigenvalue weighted by Gasteiger charge is -2.22. The number of carbonyl (C=O) groups is 1. The van der Waals surface area contributed by atoms with E-state index in [1.54, 1.807) is 4.90 Å². The van der Waals surface area contributed by atoms with Gasteiger partial charge >= 0.3 is 0 Å². The lowest BCUT2D eigenvalue weighted by atomic mass is 10.1. The summed E-state index contributed by atoms with van der Waals surface area (Å²) < 4.78 is 0. The van der Waals surface area contributed by atoms with Crippen molar-refractivity contribution in [2.75, 3.05) is 12.3 Å². The first-order chi connectivity index (χ1) is 5.81. The van der Waals surface area contributed by atoms with Crippen LogP contribution in [-0.4, -0.2) is 28.1 Å². The Morgan fingerprint density at radius 2 is 2.50 bits per heavy atom. The van der Waals surface area contributed by atoms with E-state index in [1.165, 1.54) is 0 Å². The molecule has 2 heterocycles. The third kappa shape index (κ3) is 0.939. The van der Waals surface area contributed by atoms with Crippen LogP contribution in [0, 0.1) is 0 Å². The number of carbonyl (C=O) groups excluding carboxylic acids is 1. The second-order valence-electron chi connectivity index (χ2n) is 2.89. The fourth-order valence-corrected chi connectivity index (χ4v) is 1.43. The molecule has 0 saturated carbocycles. The SMILES string of the molecule is Nc1n[nH]c2c1CN(C=O)CC2. The summed E-state index contributed by atoms with van der Waals surface area (Å²) in [6.07, 6.45) is 1.66. The highest BCUT2D eigenvalue weighted by atomic mass is 16.1. The molecule has 1 amide bonds. The van der Waals surface area contributed by atoms with Gasteiger partial charge in [0.05, 0.1) is 6.54 Å². The van der Waals surface area contributed by atoms with Crippen molar-refractivity contribution in [2.45, 2.75) is 13.0 Å². The summed E-state index contributed by atoms with van der Waals surface area (Å²) in [6, 6.07) is 0. The number of aromatic amines is 1. The number of hydrogen-bond acceptors (Lipinski definition) is 3. The van der Waals surface area contributed by atoms with Gasteiger partial charge in [0.25, 0.3) is 0 Å². The van der Waals surface area contributed by atoms with E-state index in [0.29, 0.717) is 12.4 Å². The van der Waals surface area contributed by atoms with Gasteiger partial charge in [0.1, 0.15) is 5.82 Å². The smallest absolute Gasteiger partial charge is 0.210 e. The molecule has 1 aliphatic heterocycles. The summed E-state index contributed by atoms with van der Waals surface area (Å²) in [5.74, 6) is 0.511. The summed E-state index contributed by atoms with van der Waals surface area (Å²) in [4.78, 5) is 12.1. The van der Waals surface area contributed by atoms with Gasteiger partial charge in [-0.15, -0.1) is 0 Å². The second kappa shape index (κ2) is 2.51. The number of amides is 1. The zero-order chi connectivity index (χ0) is 8.55. The molecule has 64 valence electrons. The minimum Gasteiger partial charge on any atom is -0.382 e. The molecule has 5 heteroatoms. The molecule has 1 aliphatic rings. The van der Waals surface area contributed by atoms with Crippen molar-refractivity contribution >= 4 is 12.2 Å². The van der Waals surface area contributed by atoms with Crippen molar-refractivity contribution in [3.05, 3.63) is 11.3 Å². The number of aromatic nitrogens is 2. The summed E-state index contributed by atoms with van der Waals surface area (Å²) in [5, 5.41) is 6.73. The van der Waals surface area contributed by atoms with Crippen molar-refractivity contribution in [2.24, 2.45) is 0 Å². The summed E-state index contributed by atoms with van der Waals surface area (Å²) >= 11 is 0. The molecule has 0 fully saturated rings. The van der Waals surface area contributed by atoms with Crippen LogP contribution >= 0.6 is 0 Å². The Morgan fingerprint density at radius 3 is 3.25 bits per heavy atom. The van der Waals surface area contributed by atoms with Crippen LogP contribution in [0.3, 0.4) is 0 Å². The largest absolute Gasteiger partial charge is 0.382 e. The molecule has 0 radical (unpaired) electrons. The van der Waals surface area contributed by atoms with Crippen molar-refractivity contribution in [1.29, 1.82) is 0 Å². The number of nitrogen functional groups attached to an aromatic ring is 1. The average molecular weight is 166 g/mol. The minimum atomic E-state index is 0.511. The molecule has 1 aromatic heterocycles. The maximum absolute atomic E-state index is 10.5. The standard InChI is InChI=1S/C7H10N4O/c8-7-5-3-11(4-12)2-1-6(5)9-10-7/h4H,1-3H2,(H3,8,9,10). The first-order valence-corrected chi connectivity index (χ1v) is 3.82. The highest BCUT2D eigenvalue weighted by Gasteiger charge is 2.19. The maximum Gasteiger partial charge on any atom is 0.210 e. The molecule has 12 heavy (non-hydrogen) atoms. The molecular formula is C7H10N4O. The van der Waals surface area contributed by atoms with E-state index in [1.807, 2.05) is 0 Å². The maximum atomic E-state index is 10.5. The molecule has 3 N–H and O–H groups in total. The lowest BCUT2D eigenvalue weighted by Crippen LogP contribution is -2.29. The van der Waals surface area contributed by atoms with E-state index >= 15 is 0 Å². The second-order valence-corrected chi connectivity index (χ2v) is 2.89. The summed E-state index contributed by atoms with van der Waals surface area (Å²) in [6.45, 7) is 1.33. The van der Waals surface area contributed by atoms with Crippen molar-refractivity contribution in [1.82, 2.24) is 15.1 Å². The number of fused-ring (bicyclic) bond motifs is 1. The number of rotatable bonds is 1. The molecule has 2 rings (SSSR count). The highest BCUT2D eigenvalue weighted by molar-refractivity contribution is 5.51. The van der Waals surface area contributed by atoms with E-state index in [9.17, 15) is 4.79 Å². The normalized spacial score (nSPS) is 15.8. The third-order valence-electron chi connectivity index (χ3n) is 2.14. The Kier molecular flexibility index (Phi) is 1.49. The summed E-state index contributed by atoms with van der Waals surface area (Å²) in [5.41, 5.74) is 7.62. The minimum absolute atomic E-state index is 0.511. The Morgan fingerprint density at radius 1 is 1.67 bits per heavy atom. The van der Waals surface area contributed by atoms with Gasteiger partial charge in [0.2, 0.25) is 6.41 Å². The molecule has 5 nitrogen and oxygen atoms in total. The molecule has 0 aromatic carbocycles. The number of nitrogens with one attached hydrogen (secondary N) is 1. The van der Waals surface area contributed by atoms with Crippen molar-refractivity contribution < 1.29 is 4.79 Å². The molecule has 0 bridgehead atoms. The average Bonchev–Trinajstić information content (AvgIpc) is 2.47. The first-order valence-electron chi connectivity index (χ1n) is 3.82. The Bertz CT molecular complexity index is 306. The first kappa shape index (κ1) is 7.15. The molecule has 0 unspecified atom stereocenters. The van der Waals surface area contributed by atoms with Crippen LogP contribution in [0.5, 0.6) is 0 Å². The molecule has 1 aromatic rings. The third-order valence-corrected chi connectivity index (χ3v) is 2.14. The Labute approximate surface area is 69.5 Å². The highest BCUT2D eigenvalue weighted by Crippen LogP contribution is 2.20. The topological polar surface area (TPSA) is 75.0 Å². The predicted molar refractivity (Wildman–Crippen MR) is 43.2 cm³/mol. The van der Waals surface area contributed by atoms with Gasteiger partial charge in [0.15, 0.2) is 0 Å². The van der Waals surface area contributed by atoms with E-state index in [-0.39, 0.29) is 0 Å². The van der Waals surface area contributed by atoms with E-state index in [0.717, 1.165) is 30.6 Å². The van der Waals surface area contributed by atoms with Gasteiger partial charge in [-0.25, -0.2) is 0 Å². The molecule has 0 saturated heterocycles. The van der Waals surface area contributed by atoms with Crippen LogP contribution in [0.2, 0.25) is 0 Å². The number of nitrogens with two attached hydrogens (primary N) is 1. The van der Waals surface area contributed by atoms with Gasteiger partial charge in [-0.2, -0.15) is 5.10 Å². The van der Waals surface area contributed by atoms with Gasteiger partial charge < -0.3 is 10.6 Å². The number of hydrogen-bond donors (Lipinski definition) is 2. The van der Waals surface area contributed by atoms with Crippen LogP contribution in [0.15, 0.2) is 0 Å². The van der Waals surface area contributed by atoms with Gasteiger partial charge in [-0.1, -0.05) is 0 Å². The van der Waals surface area contributed by atoms with Gasteiger partial charge in [-0.05, 0) is 0 Å². The molecule has 0 spiro atoms. The van der Waals surface area contributed by atoms with E-state index in [2.05, 4.69) is 10.2 Å². The van der Waals surface area contributed by atoms with Crippen LogP contribution in [0.1, 0.15) is 11.3 Å². The van der Waals surface area contributed by atoms with Crippen LogP contribution in [0.4, 0.5) is 5.82 Å². The molecular weight excluding hydrogens is 156 g/mol. The Balaban J connectivity index is 2.31. The van der Waals surface area contributed by atoms with Crippen molar-refractivity contribution in [3.63, 3.8) is 0 Å². The fraction of sp³-hybridized carbons (Fsp3) is 0.429. The van der Waals surface area contributed by atoms with E-state index in [4.69, 9.17) is 5.73 Å². The number of H-pyrrole nitrogens is 1.